The quantitative estimate of drug-likeness (QED) is 0.562. The number of halogens is 2. The number of amides is 2. The van der Waals surface area contributed by atoms with Crippen LogP contribution in [-0.2, 0) is 9.59 Å². The SMILES string of the molecule is O=C(NC[C@H](O)c1ccc(-c2ccsc2)o1)C(=O)Nc1ccc(F)c(Cl)c1. The highest BCUT2D eigenvalue weighted by Crippen LogP contribution is 2.26. The van der Waals surface area contributed by atoms with Gasteiger partial charge in [0.05, 0.1) is 11.6 Å². The number of hydrogen-bond donors (Lipinski definition) is 3. The molecule has 0 fully saturated rings. The van der Waals surface area contributed by atoms with Gasteiger partial charge in [-0.3, -0.25) is 9.59 Å². The lowest BCUT2D eigenvalue weighted by Gasteiger charge is -2.10. The van der Waals surface area contributed by atoms with Crippen LogP contribution in [0.5, 0.6) is 0 Å². The molecule has 3 aromatic rings. The topological polar surface area (TPSA) is 91.6 Å². The molecule has 2 aromatic heterocycles. The molecule has 0 aliphatic heterocycles. The normalized spacial score (nSPS) is 11.8. The summed E-state index contributed by atoms with van der Waals surface area (Å²) >= 11 is 7.14. The van der Waals surface area contributed by atoms with Gasteiger partial charge in [0.25, 0.3) is 0 Å². The molecule has 0 saturated carbocycles. The van der Waals surface area contributed by atoms with Crippen LogP contribution in [0.25, 0.3) is 11.3 Å². The van der Waals surface area contributed by atoms with Crippen molar-refractivity contribution in [2.45, 2.75) is 6.10 Å². The average Bonchev–Trinajstić information content (AvgIpc) is 3.33. The van der Waals surface area contributed by atoms with Crippen LogP contribution in [0, 0.1) is 5.82 Å². The summed E-state index contributed by atoms with van der Waals surface area (Å²) in [5.74, 6) is -1.70. The van der Waals surface area contributed by atoms with Crippen LogP contribution in [0.15, 0.2) is 51.6 Å². The van der Waals surface area contributed by atoms with Crippen molar-refractivity contribution in [1.29, 1.82) is 0 Å². The minimum atomic E-state index is -1.12. The molecule has 140 valence electrons. The minimum Gasteiger partial charge on any atom is -0.458 e. The molecule has 0 aliphatic rings. The summed E-state index contributed by atoms with van der Waals surface area (Å²) in [6.07, 6.45) is -1.12. The van der Waals surface area contributed by atoms with E-state index in [9.17, 15) is 19.1 Å². The van der Waals surface area contributed by atoms with Gasteiger partial charge in [-0.1, -0.05) is 11.6 Å². The van der Waals surface area contributed by atoms with Crippen LogP contribution in [0.1, 0.15) is 11.9 Å². The Kier molecular flexibility index (Phi) is 5.90. The van der Waals surface area contributed by atoms with Gasteiger partial charge in [0.2, 0.25) is 0 Å². The molecule has 0 aliphatic carbocycles. The maximum atomic E-state index is 13.1. The molecule has 1 aromatic carbocycles. The zero-order valence-corrected chi connectivity index (χ0v) is 15.3. The van der Waals surface area contributed by atoms with Crippen LogP contribution >= 0.6 is 22.9 Å². The van der Waals surface area contributed by atoms with Gasteiger partial charge in [0.15, 0.2) is 0 Å². The summed E-state index contributed by atoms with van der Waals surface area (Å²) in [5.41, 5.74) is 1.06. The standard InChI is InChI=1S/C18H14ClFN2O4S/c19-12-7-11(1-2-13(12)20)22-18(25)17(24)21-8-14(23)16-4-3-15(26-16)10-5-6-27-9-10/h1-7,9,14,23H,8H2,(H,21,24)(H,22,25)/t14-/m0/s1. The van der Waals surface area contributed by atoms with E-state index in [1.807, 2.05) is 16.8 Å². The summed E-state index contributed by atoms with van der Waals surface area (Å²) in [7, 11) is 0. The van der Waals surface area contributed by atoms with E-state index >= 15 is 0 Å². The number of benzene rings is 1. The highest BCUT2D eigenvalue weighted by molar-refractivity contribution is 7.08. The second-order valence-electron chi connectivity index (χ2n) is 5.52. The van der Waals surface area contributed by atoms with Crippen molar-refractivity contribution in [3.8, 4) is 11.3 Å². The van der Waals surface area contributed by atoms with Gasteiger partial charge in [-0.25, -0.2) is 4.39 Å². The number of thiophene rings is 1. The van der Waals surface area contributed by atoms with Crippen LogP contribution in [-0.4, -0.2) is 23.5 Å². The second-order valence-corrected chi connectivity index (χ2v) is 6.71. The van der Waals surface area contributed by atoms with Gasteiger partial charge in [-0.05, 0) is 41.8 Å². The van der Waals surface area contributed by atoms with Crippen LogP contribution in [0.4, 0.5) is 10.1 Å². The Morgan fingerprint density at radius 3 is 2.74 bits per heavy atom. The molecule has 27 heavy (non-hydrogen) atoms. The number of anilines is 1. The molecule has 9 heteroatoms. The van der Waals surface area contributed by atoms with Crippen molar-refractivity contribution in [2.75, 3.05) is 11.9 Å². The number of rotatable bonds is 5. The van der Waals surface area contributed by atoms with E-state index in [2.05, 4.69) is 10.6 Å². The number of carbonyl (C=O) groups excluding carboxylic acids is 2. The van der Waals surface area contributed by atoms with Crippen molar-refractivity contribution in [3.63, 3.8) is 0 Å². The van der Waals surface area contributed by atoms with Crippen molar-refractivity contribution in [3.05, 3.63) is 63.8 Å². The first kappa shape index (κ1) is 19.1. The molecular formula is C18H14ClFN2O4S. The second kappa shape index (κ2) is 8.34. The third-order valence-corrected chi connectivity index (χ3v) is 4.57. The third-order valence-electron chi connectivity index (χ3n) is 3.60. The van der Waals surface area contributed by atoms with Crippen molar-refractivity contribution in [1.82, 2.24) is 5.32 Å². The fourth-order valence-corrected chi connectivity index (χ4v) is 3.05. The molecule has 0 bridgehead atoms. The number of aliphatic hydroxyl groups excluding tert-OH is 1. The van der Waals surface area contributed by atoms with E-state index in [1.54, 1.807) is 12.1 Å². The molecule has 0 unspecified atom stereocenters. The molecule has 2 heterocycles. The Hall–Kier alpha value is -2.68. The Bertz CT molecular complexity index is 958. The summed E-state index contributed by atoms with van der Waals surface area (Å²) in [5, 5.41) is 18.3. The fourth-order valence-electron chi connectivity index (χ4n) is 2.22. The van der Waals surface area contributed by atoms with Gasteiger partial charge >= 0.3 is 11.8 Å². The molecule has 0 spiro atoms. The Morgan fingerprint density at radius 2 is 2.04 bits per heavy atom. The Morgan fingerprint density at radius 1 is 1.22 bits per heavy atom. The molecule has 1 atom stereocenters. The molecule has 0 saturated heterocycles. The number of aliphatic hydroxyl groups is 1. The minimum absolute atomic E-state index is 0.175. The molecule has 2 amide bonds. The number of hydrogen-bond acceptors (Lipinski definition) is 5. The third kappa shape index (κ3) is 4.73. The Labute approximate surface area is 162 Å². The van der Waals surface area contributed by atoms with E-state index < -0.39 is 23.7 Å². The number of carbonyl (C=O) groups is 2. The van der Waals surface area contributed by atoms with Gasteiger partial charge in [0, 0.05) is 16.6 Å². The first-order valence-electron chi connectivity index (χ1n) is 7.78. The van der Waals surface area contributed by atoms with Crippen LogP contribution in [0.3, 0.4) is 0 Å². The van der Waals surface area contributed by atoms with Crippen molar-refractivity contribution < 1.29 is 23.5 Å². The summed E-state index contributed by atoms with van der Waals surface area (Å²) in [6, 6.07) is 8.73. The van der Waals surface area contributed by atoms with E-state index in [0.717, 1.165) is 11.6 Å². The first-order valence-corrected chi connectivity index (χ1v) is 9.10. The van der Waals surface area contributed by atoms with Crippen LogP contribution < -0.4 is 10.6 Å². The highest BCUT2D eigenvalue weighted by atomic mass is 35.5. The molecule has 6 nitrogen and oxygen atoms in total. The highest BCUT2D eigenvalue weighted by Gasteiger charge is 2.18. The van der Waals surface area contributed by atoms with E-state index in [4.69, 9.17) is 16.0 Å². The van der Waals surface area contributed by atoms with E-state index in [1.165, 1.54) is 23.5 Å². The van der Waals surface area contributed by atoms with Crippen molar-refractivity contribution in [2.24, 2.45) is 0 Å². The van der Waals surface area contributed by atoms with E-state index in [0.29, 0.717) is 5.76 Å². The van der Waals surface area contributed by atoms with Gasteiger partial charge in [0.1, 0.15) is 23.4 Å². The lowest BCUT2D eigenvalue weighted by Crippen LogP contribution is -2.37. The number of nitrogens with one attached hydrogen (secondary N) is 2. The van der Waals surface area contributed by atoms with Gasteiger partial charge < -0.3 is 20.2 Å². The van der Waals surface area contributed by atoms with Crippen molar-refractivity contribution >= 4 is 40.4 Å². The van der Waals surface area contributed by atoms with Crippen LogP contribution in [0.2, 0.25) is 5.02 Å². The predicted octanol–water partition coefficient (Wildman–Crippen LogP) is 3.59. The maximum Gasteiger partial charge on any atom is 0.313 e. The number of furan rings is 1. The van der Waals surface area contributed by atoms with Gasteiger partial charge in [-0.15, -0.1) is 0 Å². The summed E-state index contributed by atoms with van der Waals surface area (Å²) in [4.78, 5) is 23.7. The van der Waals surface area contributed by atoms with Gasteiger partial charge in [-0.2, -0.15) is 11.3 Å². The lowest BCUT2D eigenvalue weighted by atomic mass is 10.2. The zero-order chi connectivity index (χ0) is 19.4. The summed E-state index contributed by atoms with van der Waals surface area (Å²) in [6.45, 7) is -0.215. The molecule has 3 N–H and O–H groups in total. The smallest absolute Gasteiger partial charge is 0.313 e. The zero-order valence-electron chi connectivity index (χ0n) is 13.7. The molecule has 0 radical (unpaired) electrons. The predicted molar refractivity (Wildman–Crippen MR) is 100 cm³/mol. The first-order chi connectivity index (χ1) is 12.9. The monoisotopic (exact) mass is 408 g/mol. The molecule has 3 rings (SSSR count). The largest absolute Gasteiger partial charge is 0.458 e. The summed E-state index contributed by atoms with van der Waals surface area (Å²) < 4.78 is 18.7. The fraction of sp³-hybridized carbons (Fsp3) is 0.111. The Balaban J connectivity index is 1.53. The average molecular weight is 409 g/mol. The lowest BCUT2D eigenvalue weighted by molar-refractivity contribution is -0.136. The van der Waals surface area contributed by atoms with E-state index in [-0.39, 0.29) is 23.0 Å². The molecular weight excluding hydrogens is 395 g/mol. The maximum absolute atomic E-state index is 13.1.